The number of hydrogen-bond acceptors (Lipinski definition) is 5. The van der Waals surface area contributed by atoms with Gasteiger partial charge in [-0.3, -0.25) is 9.59 Å². The summed E-state index contributed by atoms with van der Waals surface area (Å²) in [6, 6.07) is 5.46. The summed E-state index contributed by atoms with van der Waals surface area (Å²) in [6.45, 7) is 0. The van der Waals surface area contributed by atoms with Crippen molar-refractivity contribution in [3.8, 4) is 0 Å². The number of hydrogen-bond donors (Lipinski definition) is 2. The molecular weight excluding hydrogens is 526 g/mol. The Bertz CT molecular complexity index is 1440. The summed E-state index contributed by atoms with van der Waals surface area (Å²) in [5, 5.41) is 2.86. The van der Waals surface area contributed by atoms with Crippen LogP contribution < -0.4 is 11.1 Å². The van der Waals surface area contributed by atoms with Crippen molar-refractivity contribution in [3.05, 3.63) is 58.9 Å². The first-order valence-corrected chi connectivity index (χ1v) is 14.1. The number of nitrogens with zero attached hydrogens (tertiary/aromatic N) is 1. The number of likely N-dealkylation sites (tertiary alicyclic amines) is 1. The molecule has 1 saturated heterocycles. The van der Waals surface area contributed by atoms with Crippen LogP contribution in [0.4, 0.5) is 23.2 Å². The first kappa shape index (κ1) is 26.5. The fraction of sp³-hybridized carbons (Fsp3) is 0.462. The summed E-state index contributed by atoms with van der Waals surface area (Å²) in [5.41, 5.74) is 3.98. The molecule has 2 amide bonds. The molecule has 4 atom stereocenters. The van der Waals surface area contributed by atoms with Crippen molar-refractivity contribution in [2.45, 2.75) is 54.3 Å². The van der Waals surface area contributed by atoms with Gasteiger partial charge in [0.15, 0.2) is 9.84 Å². The molecule has 3 fully saturated rings. The second-order valence-electron chi connectivity index (χ2n) is 10.5. The minimum absolute atomic E-state index is 0.0102. The average Bonchev–Trinajstić information content (AvgIpc) is 3.76. The number of nitrogens with one attached hydrogen (secondary N) is 1. The Hall–Kier alpha value is -3.15. The van der Waals surface area contributed by atoms with Crippen molar-refractivity contribution in [1.29, 1.82) is 0 Å². The number of rotatable bonds is 7. The zero-order valence-electron chi connectivity index (χ0n) is 20.7. The SMILES string of the molecule is CNc1ccc(S(C)(=O)=O)cc1C(=O)N1C(C(N)=O)CC2CC21[C@@H](c1ccc(C(F)(F)F)cc1F)C1CC1. The minimum atomic E-state index is -4.71. The molecule has 0 radical (unpaired) electrons. The lowest BCUT2D eigenvalue weighted by molar-refractivity contribution is -0.137. The Morgan fingerprint density at radius 3 is 2.37 bits per heavy atom. The number of sulfone groups is 1. The Morgan fingerprint density at radius 2 is 1.84 bits per heavy atom. The van der Waals surface area contributed by atoms with Gasteiger partial charge in [-0.25, -0.2) is 12.8 Å². The summed E-state index contributed by atoms with van der Waals surface area (Å²) in [4.78, 5) is 27.9. The molecule has 0 aromatic heterocycles. The van der Waals surface area contributed by atoms with E-state index in [1.54, 1.807) is 7.05 Å². The smallest absolute Gasteiger partial charge is 0.387 e. The highest BCUT2D eigenvalue weighted by Gasteiger charge is 2.73. The number of amides is 2. The summed E-state index contributed by atoms with van der Waals surface area (Å²) in [6.07, 6.45) is -1.62. The molecule has 12 heteroatoms. The van der Waals surface area contributed by atoms with E-state index in [1.807, 2.05) is 0 Å². The molecule has 0 bridgehead atoms. The first-order chi connectivity index (χ1) is 17.7. The van der Waals surface area contributed by atoms with Crippen LogP contribution in [0.25, 0.3) is 0 Å². The first-order valence-electron chi connectivity index (χ1n) is 12.2. The number of alkyl halides is 3. The average molecular weight is 554 g/mol. The van der Waals surface area contributed by atoms with E-state index in [0.29, 0.717) is 31.0 Å². The highest BCUT2D eigenvalue weighted by atomic mass is 32.2. The zero-order valence-corrected chi connectivity index (χ0v) is 21.5. The lowest BCUT2D eigenvalue weighted by atomic mass is 9.82. The number of carbonyl (C=O) groups excluding carboxylic acids is 2. The normalized spacial score (nSPS) is 25.6. The Labute approximate surface area is 217 Å². The summed E-state index contributed by atoms with van der Waals surface area (Å²) in [5.74, 6) is -3.33. The molecule has 38 heavy (non-hydrogen) atoms. The number of benzene rings is 2. The third-order valence-electron chi connectivity index (χ3n) is 8.15. The van der Waals surface area contributed by atoms with E-state index in [9.17, 15) is 31.2 Å². The van der Waals surface area contributed by atoms with Crippen molar-refractivity contribution in [2.24, 2.45) is 17.6 Å². The Balaban J connectivity index is 1.64. The molecule has 1 heterocycles. The number of piperidine rings is 1. The molecule has 2 saturated carbocycles. The van der Waals surface area contributed by atoms with Crippen molar-refractivity contribution in [1.82, 2.24) is 4.90 Å². The number of fused-ring (bicyclic) bond motifs is 1. The van der Waals surface area contributed by atoms with Gasteiger partial charge in [-0.1, -0.05) is 6.07 Å². The van der Waals surface area contributed by atoms with Crippen LogP contribution in [-0.4, -0.2) is 50.0 Å². The Kier molecular flexibility index (Phi) is 6.05. The molecular formula is C26H27F4N3O4S. The van der Waals surface area contributed by atoms with Gasteiger partial charge in [0.05, 0.1) is 21.6 Å². The molecule has 1 aliphatic heterocycles. The van der Waals surface area contributed by atoms with Gasteiger partial charge in [-0.2, -0.15) is 13.2 Å². The molecule has 2 aliphatic carbocycles. The van der Waals surface area contributed by atoms with Gasteiger partial charge < -0.3 is 16.0 Å². The molecule has 3 N–H and O–H groups in total. The van der Waals surface area contributed by atoms with Crippen LogP contribution in [0, 0.1) is 17.7 Å². The van der Waals surface area contributed by atoms with Crippen LogP contribution >= 0.6 is 0 Å². The molecule has 7 nitrogen and oxygen atoms in total. The topological polar surface area (TPSA) is 110 Å². The highest BCUT2D eigenvalue weighted by molar-refractivity contribution is 7.90. The minimum Gasteiger partial charge on any atom is -0.387 e. The number of anilines is 1. The quantitative estimate of drug-likeness (QED) is 0.505. The van der Waals surface area contributed by atoms with E-state index in [0.717, 1.165) is 18.4 Å². The van der Waals surface area contributed by atoms with E-state index in [4.69, 9.17) is 5.73 Å². The number of carbonyl (C=O) groups is 2. The maximum atomic E-state index is 15.3. The maximum absolute atomic E-state index is 15.3. The van der Waals surface area contributed by atoms with Crippen LogP contribution in [0.2, 0.25) is 0 Å². The van der Waals surface area contributed by atoms with Crippen LogP contribution in [0.3, 0.4) is 0 Å². The van der Waals surface area contributed by atoms with E-state index < -0.39 is 56.7 Å². The van der Waals surface area contributed by atoms with E-state index in [1.165, 1.54) is 23.1 Å². The van der Waals surface area contributed by atoms with Crippen molar-refractivity contribution < 1.29 is 35.6 Å². The van der Waals surface area contributed by atoms with Crippen molar-refractivity contribution >= 4 is 27.3 Å². The van der Waals surface area contributed by atoms with Gasteiger partial charge >= 0.3 is 6.18 Å². The monoisotopic (exact) mass is 553 g/mol. The van der Waals surface area contributed by atoms with Crippen LogP contribution in [0.15, 0.2) is 41.3 Å². The van der Waals surface area contributed by atoms with Crippen LogP contribution in [-0.2, 0) is 20.8 Å². The molecule has 5 rings (SSSR count). The van der Waals surface area contributed by atoms with Gasteiger partial charge in [-0.05, 0) is 73.4 Å². The third-order valence-corrected chi connectivity index (χ3v) is 9.26. The lowest BCUT2D eigenvalue weighted by Gasteiger charge is -2.39. The van der Waals surface area contributed by atoms with Gasteiger partial charge in [0.1, 0.15) is 11.9 Å². The summed E-state index contributed by atoms with van der Waals surface area (Å²) >= 11 is 0. The molecule has 204 valence electrons. The standard InChI is InChI=1S/C26H27F4N3O4S/c1-32-20-8-6-16(38(2,36)37)11-18(20)24(35)33-21(23(31)34)10-15-12-25(15,33)22(13-3-4-13)17-7-5-14(9-19(17)27)26(28,29)30/h5-9,11,13,15,21-22,32H,3-4,10,12H2,1-2H3,(H2,31,34)/t15?,21?,22-,25?/m1/s1. The molecule has 3 aliphatic rings. The van der Waals surface area contributed by atoms with Gasteiger partial charge in [0.2, 0.25) is 5.91 Å². The summed E-state index contributed by atoms with van der Waals surface area (Å²) in [7, 11) is -2.11. The lowest BCUT2D eigenvalue weighted by Crippen LogP contribution is -2.53. The predicted molar refractivity (Wildman–Crippen MR) is 131 cm³/mol. The van der Waals surface area contributed by atoms with Gasteiger partial charge in [0, 0.05) is 24.9 Å². The van der Waals surface area contributed by atoms with E-state index in [-0.39, 0.29) is 34.3 Å². The van der Waals surface area contributed by atoms with Crippen molar-refractivity contribution in [3.63, 3.8) is 0 Å². The third kappa shape index (κ3) is 4.22. The molecule has 2 aromatic carbocycles. The second kappa shape index (κ2) is 8.69. The van der Waals surface area contributed by atoms with Crippen LogP contribution in [0.5, 0.6) is 0 Å². The number of primary amides is 1. The van der Waals surface area contributed by atoms with Gasteiger partial charge in [0.25, 0.3) is 5.91 Å². The van der Waals surface area contributed by atoms with Crippen LogP contribution in [0.1, 0.15) is 53.1 Å². The molecule has 3 unspecified atom stereocenters. The van der Waals surface area contributed by atoms with E-state index in [2.05, 4.69) is 5.32 Å². The Morgan fingerprint density at radius 1 is 1.16 bits per heavy atom. The largest absolute Gasteiger partial charge is 0.416 e. The fourth-order valence-corrected chi connectivity index (χ4v) is 6.93. The second-order valence-corrected chi connectivity index (χ2v) is 12.5. The maximum Gasteiger partial charge on any atom is 0.416 e. The molecule has 2 aromatic rings. The number of nitrogens with two attached hydrogens (primary N) is 1. The van der Waals surface area contributed by atoms with Crippen molar-refractivity contribution in [2.75, 3.05) is 18.6 Å². The van der Waals surface area contributed by atoms with E-state index >= 15 is 4.39 Å². The number of halogens is 4. The predicted octanol–water partition coefficient (Wildman–Crippen LogP) is 3.94. The summed E-state index contributed by atoms with van der Waals surface area (Å²) < 4.78 is 79.4. The van der Waals surface area contributed by atoms with Gasteiger partial charge in [-0.15, -0.1) is 0 Å². The fourth-order valence-electron chi connectivity index (χ4n) is 6.28. The highest BCUT2D eigenvalue weighted by Crippen LogP contribution is 2.69. The molecule has 0 spiro atoms. The zero-order chi connectivity index (χ0) is 27.8.